The van der Waals surface area contributed by atoms with E-state index in [0.29, 0.717) is 27.4 Å². The highest BCUT2D eigenvalue weighted by Crippen LogP contribution is 2.39. The van der Waals surface area contributed by atoms with E-state index in [1.54, 1.807) is 55.5 Å². The first-order valence-corrected chi connectivity index (χ1v) is 9.63. The van der Waals surface area contributed by atoms with Crippen LogP contribution in [0, 0.1) is 0 Å². The van der Waals surface area contributed by atoms with E-state index in [0.717, 1.165) is 0 Å². The van der Waals surface area contributed by atoms with E-state index in [-0.39, 0.29) is 0 Å². The summed E-state index contributed by atoms with van der Waals surface area (Å²) in [7, 11) is 0. The third kappa shape index (κ3) is 5.18. The van der Waals surface area contributed by atoms with Crippen LogP contribution >= 0.6 is 29.8 Å². The van der Waals surface area contributed by atoms with Gasteiger partial charge >= 0.3 is 6.64 Å². The van der Waals surface area contributed by atoms with Gasteiger partial charge in [-0.05, 0) is 48.5 Å². The molecule has 0 spiro atoms. The minimum Gasteiger partial charge on any atom is -0.405 e. The molecule has 0 fully saturated rings. The highest BCUT2D eigenvalue weighted by atomic mass is 35.5. The number of amidine groups is 1. The van der Waals surface area contributed by atoms with Crippen molar-refractivity contribution in [3.8, 4) is 11.5 Å². The van der Waals surface area contributed by atoms with Gasteiger partial charge in [-0.1, -0.05) is 23.2 Å². The van der Waals surface area contributed by atoms with Crippen molar-refractivity contribution in [2.75, 3.05) is 0 Å². The van der Waals surface area contributed by atoms with Crippen LogP contribution in [0.4, 0.5) is 0 Å². The van der Waals surface area contributed by atoms with Crippen LogP contribution in [0.1, 0.15) is 6.92 Å². The van der Waals surface area contributed by atoms with E-state index in [4.69, 9.17) is 49.8 Å². The van der Waals surface area contributed by atoms with Crippen LogP contribution in [0.25, 0.3) is 0 Å². The summed E-state index contributed by atoms with van der Waals surface area (Å²) >= 11 is 17.2. The Kier molecular flexibility index (Phi) is 5.70. The van der Waals surface area contributed by atoms with Crippen LogP contribution in [0.2, 0.25) is 10.0 Å². The monoisotopic (exact) mass is 375 g/mol. The number of hydrogen-bond donors (Lipinski definition) is 2. The summed E-state index contributed by atoms with van der Waals surface area (Å²) in [5, 5.41) is 1.21. The fourth-order valence-corrected chi connectivity index (χ4v) is 4.11. The first-order valence-electron chi connectivity index (χ1n) is 6.24. The lowest BCUT2D eigenvalue weighted by atomic mass is 10.3. The van der Waals surface area contributed by atoms with E-state index in [2.05, 4.69) is 4.76 Å². The molecule has 22 heavy (non-hydrogen) atoms. The summed E-state index contributed by atoms with van der Waals surface area (Å²) in [6, 6.07) is 13.7. The molecule has 0 radical (unpaired) electrons. The molecular formula is C14H14Cl2N2O2PS+. The molecule has 2 aromatic carbocycles. The molecule has 2 rings (SSSR count). The van der Waals surface area contributed by atoms with Crippen LogP contribution in [-0.4, -0.2) is 5.84 Å². The van der Waals surface area contributed by atoms with Crippen molar-refractivity contribution in [3.63, 3.8) is 0 Å². The molecule has 0 atom stereocenters. The minimum atomic E-state index is -2.91. The van der Waals surface area contributed by atoms with Gasteiger partial charge in [0.05, 0.1) is 0 Å². The summed E-state index contributed by atoms with van der Waals surface area (Å²) in [5.74, 6) is 1.48. The van der Waals surface area contributed by atoms with Crippen molar-refractivity contribution >= 4 is 47.5 Å². The Balaban J connectivity index is 2.27. The van der Waals surface area contributed by atoms with Gasteiger partial charge in [-0.2, -0.15) is 4.76 Å². The maximum atomic E-state index is 5.86. The Bertz CT molecular complexity index is 665. The molecule has 0 aromatic heterocycles. The molecule has 0 bridgehead atoms. The normalized spacial score (nSPS) is 12.0. The Morgan fingerprint density at radius 2 is 1.32 bits per heavy atom. The molecule has 2 aromatic rings. The van der Waals surface area contributed by atoms with E-state index < -0.39 is 6.64 Å². The molecule has 3 N–H and O–H groups in total. The topological polar surface area (TPSA) is 58.5 Å². The molecule has 8 heteroatoms. The number of hydrogen-bond acceptors (Lipinski definition) is 3. The molecule has 0 aliphatic heterocycles. The quantitative estimate of drug-likeness (QED) is 0.478. The second-order valence-corrected chi connectivity index (χ2v) is 8.28. The molecular weight excluding hydrogens is 362 g/mol. The molecule has 0 aliphatic carbocycles. The summed E-state index contributed by atoms with van der Waals surface area (Å²) in [5.41, 5.74) is 5.70. The zero-order chi connectivity index (χ0) is 16.2. The van der Waals surface area contributed by atoms with Crippen LogP contribution in [0.15, 0.2) is 48.5 Å². The van der Waals surface area contributed by atoms with Crippen LogP contribution in [0.3, 0.4) is 0 Å². The number of halogens is 2. The smallest absolute Gasteiger partial charge is 0.405 e. The third-order valence-electron chi connectivity index (χ3n) is 2.39. The van der Waals surface area contributed by atoms with Crippen molar-refractivity contribution in [2.24, 2.45) is 5.73 Å². The number of nitrogens with one attached hydrogen (secondary N) is 1. The highest BCUT2D eigenvalue weighted by Gasteiger charge is 2.25. The predicted molar refractivity (Wildman–Crippen MR) is 94.3 cm³/mol. The first-order chi connectivity index (χ1) is 10.4. The number of benzene rings is 2. The average molecular weight is 376 g/mol. The summed E-state index contributed by atoms with van der Waals surface area (Å²) in [6.45, 7) is -1.24. The molecule has 0 heterocycles. The van der Waals surface area contributed by atoms with E-state index in [9.17, 15) is 0 Å². The lowest BCUT2D eigenvalue weighted by Crippen LogP contribution is -2.71. The Morgan fingerprint density at radius 1 is 0.955 bits per heavy atom. The molecule has 0 aliphatic rings. The maximum Gasteiger partial charge on any atom is 0.481 e. The van der Waals surface area contributed by atoms with Gasteiger partial charge in [-0.25, -0.2) is 0 Å². The number of nitrogens with two attached hydrogens (primary N) is 1. The average Bonchev–Trinajstić information content (AvgIpc) is 2.43. The fourth-order valence-electron chi connectivity index (χ4n) is 1.55. The molecule has 0 amide bonds. The second kappa shape index (κ2) is 7.34. The lowest BCUT2D eigenvalue weighted by Gasteiger charge is -2.17. The maximum absolute atomic E-state index is 5.86. The predicted octanol–water partition coefficient (Wildman–Crippen LogP) is 3.13. The Morgan fingerprint density at radius 3 is 1.64 bits per heavy atom. The van der Waals surface area contributed by atoms with Gasteiger partial charge in [-0.3, -0.25) is 5.73 Å². The van der Waals surface area contributed by atoms with Gasteiger partial charge in [0.15, 0.2) is 0 Å². The standard InChI is InChI=1S/C14H13Cl2N2O2PS/c1-10(17)18-21(22,19-13-6-2-11(15)3-7-13)20-14-8-4-12(16)5-9-14/h2-9H,1H3,(H2,17,18,22)/p+1. The van der Waals surface area contributed by atoms with Crippen molar-refractivity contribution in [1.29, 1.82) is 0 Å². The fraction of sp³-hybridized carbons (Fsp3) is 0.0714. The molecule has 4 nitrogen and oxygen atoms in total. The largest absolute Gasteiger partial charge is 0.481 e. The number of rotatable bonds is 5. The summed E-state index contributed by atoms with van der Waals surface area (Å²) in [4.78, 5) is 0. The van der Waals surface area contributed by atoms with Crippen LogP contribution in [0.5, 0.6) is 11.5 Å². The van der Waals surface area contributed by atoms with Crippen LogP contribution in [-0.2, 0) is 11.8 Å². The first kappa shape index (κ1) is 17.1. The SMILES string of the molecule is CC(N)=[NH+]P(=S)(Oc1ccc(Cl)cc1)Oc1ccc(Cl)cc1. The zero-order valence-corrected chi connectivity index (χ0v) is 14.8. The van der Waals surface area contributed by atoms with Gasteiger partial charge in [0.2, 0.25) is 5.84 Å². The highest BCUT2D eigenvalue weighted by molar-refractivity contribution is 8.06. The van der Waals surface area contributed by atoms with Crippen molar-refractivity contribution in [2.45, 2.75) is 6.92 Å². The van der Waals surface area contributed by atoms with E-state index >= 15 is 0 Å². The van der Waals surface area contributed by atoms with Gasteiger partial charge in [-0.15, -0.1) is 0 Å². The van der Waals surface area contributed by atoms with Gasteiger partial charge in [0.25, 0.3) is 0 Å². The van der Waals surface area contributed by atoms with Gasteiger partial charge < -0.3 is 9.05 Å². The third-order valence-corrected chi connectivity index (χ3v) is 5.15. The lowest BCUT2D eigenvalue weighted by molar-refractivity contribution is -0.291. The van der Waals surface area contributed by atoms with Gasteiger partial charge in [0, 0.05) is 28.8 Å². The second-order valence-electron chi connectivity index (χ2n) is 4.38. The molecule has 116 valence electrons. The zero-order valence-electron chi connectivity index (χ0n) is 11.6. The van der Waals surface area contributed by atoms with Crippen LogP contribution < -0.4 is 19.5 Å². The van der Waals surface area contributed by atoms with Gasteiger partial charge in [0.1, 0.15) is 11.5 Å². The summed E-state index contributed by atoms with van der Waals surface area (Å²) < 4.78 is 14.5. The van der Waals surface area contributed by atoms with Crippen molar-refractivity contribution < 1.29 is 13.8 Å². The Hall–Kier alpha value is -1.26. The molecule has 0 unspecified atom stereocenters. The Labute approximate surface area is 144 Å². The van der Waals surface area contributed by atoms with E-state index in [1.165, 1.54) is 0 Å². The van der Waals surface area contributed by atoms with E-state index in [1.807, 2.05) is 0 Å². The molecule has 0 saturated heterocycles. The van der Waals surface area contributed by atoms with Crippen molar-refractivity contribution in [3.05, 3.63) is 58.6 Å². The summed E-state index contributed by atoms with van der Waals surface area (Å²) in [6.07, 6.45) is 0. The minimum absolute atomic E-state index is 0.409. The molecule has 0 saturated carbocycles. The van der Waals surface area contributed by atoms with Crippen molar-refractivity contribution in [1.82, 2.24) is 0 Å².